The molecule has 0 unspecified atom stereocenters. The molecular weight excluding hydrogens is 328 g/mol. The first kappa shape index (κ1) is 16.7. The molecule has 4 nitrogen and oxygen atoms in total. The second kappa shape index (κ2) is 7.58. The van der Waals surface area contributed by atoms with Gasteiger partial charge in [0, 0.05) is 6.42 Å². The van der Waals surface area contributed by atoms with Crippen LogP contribution in [0.3, 0.4) is 0 Å². The van der Waals surface area contributed by atoms with Gasteiger partial charge in [-0.2, -0.15) is 0 Å². The predicted octanol–water partition coefficient (Wildman–Crippen LogP) is 4.10. The largest absolute Gasteiger partial charge is 0.489 e. The molecule has 3 rings (SSSR count). The quantitative estimate of drug-likeness (QED) is 0.782. The highest BCUT2D eigenvalue weighted by atomic mass is 35.5. The standard InChI is InChI=1S/C19H19ClO4/c1-13-3-5-14(6-4-13)11-18(21)24-12-15-9-16(20)19-17(10-15)22-7-2-8-23-19/h3-6,9-10H,2,7-8,11-12H2,1H3. The van der Waals surface area contributed by atoms with E-state index in [1.54, 1.807) is 6.07 Å². The average molecular weight is 347 g/mol. The van der Waals surface area contributed by atoms with Crippen molar-refractivity contribution in [2.45, 2.75) is 26.4 Å². The predicted molar refractivity (Wildman–Crippen MR) is 91.7 cm³/mol. The van der Waals surface area contributed by atoms with Crippen LogP contribution in [0.5, 0.6) is 11.5 Å². The molecule has 0 atom stereocenters. The van der Waals surface area contributed by atoms with Gasteiger partial charge in [-0.05, 0) is 30.2 Å². The number of carbonyl (C=O) groups is 1. The molecule has 24 heavy (non-hydrogen) atoms. The molecule has 1 heterocycles. The fourth-order valence-corrected chi connectivity index (χ4v) is 2.74. The number of hydrogen-bond donors (Lipinski definition) is 0. The van der Waals surface area contributed by atoms with Crippen molar-refractivity contribution in [2.75, 3.05) is 13.2 Å². The number of aryl methyl sites for hydroxylation is 1. The Labute approximate surface area is 146 Å². The van der Waals surface area contributed by atoms with Crippen LogP contribution in [0.25, 0.3) is 0 Å². The number of hydrogen-bond acceptors (Lipinski definition) is 4. The number of carbonyl (C=O) groups excluding carboxylic acids is 1. The van der Waals surface area contributed by atoms with Crippen LogP contribution >= 0.6 is 11.6 Å². The number of rotatable bonds is 4. The van der Waals surface area contributed by atoms with Gasteiger partial charge in [0.05, 0.1) is 24.7 Å². The molecule has 0 bridgehead atoms. The van der Waals surface area contributed by atoms with E-state index in [2.05, 4.69) is 0 Å². The van der Waals surface area contributed by atoms with Crippen LogP contribution < -0.4 is 9.47 Å². The van der Waals surface area contributed by atoms with Crippen molar-refractivity contribution >= 4 is 17.6 Å². The maximum atomic E-state index is 12.0. The highest BCUT2D eigenvalue weighted by Crippen LogP contribution is 2.38. The Balaban J connectivity index is 1.62. The molecule has 0 radical (unpaired) electrons. The zero-order chi connectivity index (χ0) is 16.9. The number of ether oxygens (including phenoxy) is 3. The SMILES string of the molecule is Cc1ccc(CC(=O)OCc2cc(Cl)c3c(c2)OCCCO3)cc1. The van der Waals surface area contributed by atoms with E-state index >= 15 is 0 Å². The maximum absolute atomic E-state index is 12.0. The fraction of sp³-hybridized carbons (Fsp3) is 0.316. The summed E-state index contributed by atoms with van der Waals surface area (Å²) >= 11 is 6.23. The monoisotopic (exact) mass is 346 g/mol. The molecule has 126 valence electrons. The summed E-state index contributed by atoms with van der Waals surface area (Å²) in [6, 6.07) is 11.4. The minimum absolute atomic E-state index is 0.154. The second-order valence-electron chi connectivity index (χ2n) is 5.78. The van der Waals surface area contributed by atoms with E-state index < -0.39 is 0 Å². The zero-order valence-corrected chi connectivity index (χ0v) is 14.3. The van der Waals surface area contributed by atoms with E-state index in [1.165, 1.54) is 0 Å². The van der Waals surface area contributed by atoms with Crippen molar-refractivity contribution in [1.82, 2.24) is 0 Å². The minimum Gasteiger partial charge on any atom is -0.489 e. The molecule has 2 aromatic carbocycles. The number of esters is 1. The van der Waals surface area contributed by atoms with Crippen LogP contribution in [0.2, 0.25) is 5.02 Å². The number of halogens is 1. The van der Waals surface area contributed by atoms with Crippen LogP contribution in [0.4, 0.5) is 0 Å². The van der Waals surface area contributed by atoms with Crippen LogP contribution in [-0.4, -0.2) is 19.2 Å². The van der Waals surface area contributed by atoms with Gasteiger partial charge in [0.15, 0.2) is 11.5 Å². The Morgan fingerprint density at radius 2 is 1.88 bits per heavy atom. The molecule has 0 amide bonds. The molecule has 0 fully saturated rings. The highest BCUT2D eigenvalue weighted by molar-refractivity contribution is 6.32. The van der Waals surface area contributed by atoms with Gasteiger partial charge in [0.2, 0.25) is 0 Å². The summed E-state index contributed by atoms with van der Waals surface area (Å²) in [7, 11) is 0. The summed E-state index contributed by atoms with van der Waals surface area (Å²) in [5.74, 6) is 0.885. The third kappa shape index (κ3) is 4.20. The molecule has 0 aliphatic carbocycles. The first-order chi connectivity index (χ1) is 11.6. The van der Waals surface area contributed by atoms with Gasteiger partial charge < -0.3 is 14.2 Å². The molecule has 0 saturated carbocycles. The van der Waals surface area contributed by atoms with E-state index in [0.29, 0.717) is 29.7 Å². The average Bonchev–Trinajstić information content (AvgIpc) is 2.81. The van der Waals surface area contributed by atoms with Gasteiger partial charge in [-0.3, -0.25) is 4.79 Å². The van der Waals surface area contributed by atoms with E-state index in [9.17, 15) is 4.79 Å². The Kier molecular flexibility index (Phi) is 5.26. The van der Waals surface area contributed by atoms with Gasteiger partial charge in [-0.25, -0.2) is 0 Å². The fourth-order valence-electron chi connectivity index (χ4n) is 2.45. The molecule has 0 aromatic heterocycles. The highest BCUT2D eigenvalue weighted by Gasteiger charge is 2.16. The molecule has 0 N–H and O–H groups in total. The molecule has 5 heteroatoms. The number of fused-ring (bicyclic) bond motifs is 1. The Bertz CT molecular complexity index is 725. The van der Waals surface area contributed by atoms with Crippen molar-refractivity contribution in [3.8, 4) is 11.5 Å². The lowest BCUT2D eigenvalue weighted by Gasteiger charge is -2.12. The van der Waals surface area contributed by atoms with Gasteiger partial charge in [-0.1, -0.05) is 41.4 Å². The van der Waals surface area contributed by atoms with Crippen LogP contribution in [0.1, 0.15) is 23.1 Å². The summed E-state index contributed by atoms with van der Waals surface area (Å²) in [5, 5.41) is 0.471. The van der Waals surface area contributed by atoms with E-state index in [-0.39, 0.29) is 19.0 Å². The molecular formula is C19H19ClO4. The first-order valence-electron chi connectivity index (χ1n) is 7.91. The lowest BCUT2D eigenvalue weighted by molar-refractivity contribution is -0.144. The summed E-state index contributed by atoms with van der Waals surface area (Å²) < 4.78 is 16.6. The molecule has 2 aromatic rings. The third-order valence-corrected chi connectivity index (χ3v) is 4.01. The number of benzene rings is 2. The molecule has 0 spiro atoms. The Morgan fingerprint density at radius 3 is 2.67 bits per heavy atom. The molecule has 0 saturated heterocycles. The smallest absolute Gasteiger partial charge is 0.310 e. The topological polar surface area (TPSA) is 44.8 Å². The zero-order valence-electron chi connectivity index (χ0n) is 13.5. The van der Waals surface area contributed by atoms with Gasteiger partial charge >= 0.3 is 5.97 Å². The van der Waals surface area contributed by atoms with Crippen LogP contribution in [0.15, 0.2) is 36.4 Å². The maximum Gasteiger partial charge on any atom is 0.310 e. The molecule has 1 aliphatic rings. The lowest BCUT2D eigenvalue weighted by atomic mass is 10.1. The van der Waals surface area contributed by atoms with Crippen molar-refractivity contribution < 1.29 is 19.0 Å². The van der Waals surface area contributed by atoms with Crippen molar-refractivity contribution in [1.29, 1.82) is 0 Å². The Morgan fingerprint density at radius 1 is 1.12 bits per heavy atom. The molecule has 1 aliphatic heterocycles. The van der Waals surface area contributed by atoms with Crippen molar-refractivity contribution in [3.05, 3.63) is 58.1 Å². The van der Waals surface area contributed by atoms with E-state index in [4.69, 9.17) is 25.8 Å². The lowest BCUT2D eigenvalue weighted by Crippen LogP contribution is -2.08. The summed E-state index contributed by atoms with van der Waals surface area (Å²) in [6.45, 7) is 3.33. The van der Waals surface area contributed by atoms with Gasteiger partial charge in [0.25, 0.3) is 0 Å². The Hall–Kier alpha value is -2.20. The third-order valence-electron chi connectivity index (χ3n) is 3.73. The summed E-state index contributed by atoms with van der Waals surface area (Å²) in [6.07, 6.45) is 1.06. The summed E-state index contributed by atoms with van der Waals surface area (Å²) in [4.78, 5) is 12.0. The van der Waals surface area contributed by atoms with Crippen molar-refractivity contribution in [3.63, 3.8) is 0 Å². The van der Waals surface area contributed by atoms with Gasteiger partial charge in [-0.15, -0.1) is 0 Å². The minimum atomic E-state index is -0.276. The van der Waals surface area contributed by atoms with Crippen LogP contribution in [-0.2, 0) is 22.6 Å². The second-order valence-corrected chi connectivity index (χ2v) is 6.19. The van der Waals surface area contributed by atoms with Crippen molar-refractivity contribution in [2.24, 2.45) is 0 Å². The van der Waals surface area contributed by atoms with Crippen LogP contribution in [0, 0.1) is 6.92 Å². The summed E-state index contributed by atoms with van der Waals surface area (Å²) in [5.41, 5.74) is 2.87. The first-order valence-corrected chi connectivity index (χ1v) is 8.29. The van der Waals surface area contributed by atoms with Gasteiger partial charge in [0.1, 0.15) is 6.61 Å². The van der Waals surface area contributed by atoms with E-state index in [0.717, 1.165) is 23.1 Å². The normalized spacial score (nSPS) is 13.2. The van der Waals surface area contributed by atoms with E-state index in [1.807, 2.05) is 37.3 Å².